The van der Waals surface area contributed by atoms with Crippen LogP contribution >= 0.6 is 0 Å². The quantitative estimate of drug-likeness (QED) is 0.190. The number of nitrogens with zero attached hydrogens (tertiary/aromatic N) is 1. The minimum Gasteiger partial charge on any atom is -0.310 e. The molecule has 1 heteroatoms. The fraction of sp³-hybridized carbons (Fsp3) is 0.277. The van der Waals surface area contributed by atoms with E-state index in [4.69, 9.17) is 0 Å². The van der Waals surface area contributed by atoms with E-state index in [1.807, 2.05) is 0 Å². The summed E-state index contributed by atoms with van der Waals surface area (Å²) in [5, 5.41) is 2.55. The van der Waals surface area contributed by atoms with E-state index in [2.05, 4.69) is 146 Å². The Morgan fingerprint density at radius 3 is 1.73 bits per heavy atom. The second-order valence-corrected chi connectivity index (χ2v) is 16.2. The summed E-state index contributed by atoms with van der Waals surface area (Å²) in [4.78, 5) is 2.54. The van der Waals surface area contributed by atoms with Gasteiger partial charge >= 0.3 is 0 Å². The van der Waals surface area contributed by atoms with Crippen LogP contribution in [0.25, 0.3) is 33.0 Å². The lowest BCUT2D eigenvalue weighted by Gasteiger charge is -2.61. The minimum atomic E-state index is -0.0149. The van der Waals surface area contributed by atoms with E-state index >= 15 is 0 Å². The van der Waals surface area contributed by atoms with Crippen LogP contribution in [-0.2, 0) is 10.8 Å². The van der Waals surface area contributed by atoms with Crippen LogP contribution in [0, 0.1) is 23.7 Å². The maximum atomic E-state index is 2.57. The van der Waals surface area contributed by atoms with E-state index < -0.39 is 0 Å². The van der Waals surface area contributed by atoms with Gasteiger partial charge in [-0.1, -0.05) is 111 Å². The lowest BCUT2D eigenvalue weighted by atomic mass is 9.43. The molecule has 48 heavy (non-hydrogen) atoms. The number of hydrogen-bond acceptors (Lipinski definition) is 1. The third-order valence-electron chi connectivity index (χ3n) is 13.6. The molecule has 6 aromatic rings. The lowest BCUT2D eigenvalue weighted by molar-refractivity contribution is -0.0399. The molecule has 0 unspecified atom stereocenters. The fourth-order valence-corrected chi connectivity index (χ4v) is 12.0. The van der Waals surface area contributed by atoms with E-state index in [0.29, 0.717) is 0 Å². The Kier molecular flexibility index (Phi) is 5.41. The molecule has 12 rings (SSSR count). The van der Waals surface area contributed by atoms with Crippen LogP contribution in [-0.4, -0.2) is 0 Å². The molecule has 6 aliphatic carbocycles. The van der Waals surface area contributed by atoms with Crippen LogP contribution in [0.3, 0.4) is 0 Å². The maximum Gasteiger partial charge on any atom is 0.0540 e. The van der Waals surface area contributed by atoms with Gasteiger partial charge in [0.05, 0.1) is 5.69 Å². The SMILES string of the molecule is CC1(C)c2ccccc2-c2cc(N(c3ccc4c(c3)-c3ccccc3C43C4CC5CC(C4)CC3C5)c3cccc4ccccc34)ccc21. The molecule has 4 saturated carbocycles. The summed E-state index contributed by atoms with van der Waals surface area (Å²) in [6, 6.07) is 49.0. The van der Waals surface area contributed by atoms with Gasteiger partial charge in [-0.25, -0.2) is 0 Å². The molecule has 0 heterocycles. The Morgan fingerprint density at radius 1 is 0.479 bits per heavy atom. The van der Waals surface area contributed by atoms with Gasteiger partial charge < -0.3 is 4.90 Å². The molecule has 0 saturated heterocycles. The van der Waals surface area contributed by atoms with Crippen molar-refractivity contribution in [2.45, 2.75) is 56.8 Å². The summed E-state index contributed by atoms with van der Waals surface area (Å²) in [7, 11) is 0. The molecule has 0 amide bonds. The summed E-state index contributed by atoms with van der Waals surface area (Å²) < 4.78 is 0. The van der Waals surface area contributed by atoms with Gasteiger partial charge in [-0.15, -0.1) is 0 Å². The molecule has 0 aromatic heterocycles. The number of benzene rings is 6. The number of anilines is 3. The molecular weight excluding hydrogens is 579 g/mol. The summed E-state index contributed by atoms with van der Waals surface area (Å²) in [5.74, 6) is 3.45. The zero-order chi connectivity index (χ0) is 31.8. The highest BCUT2D eigenvalue weighted by atomic mass is 15.1. The van der Waals surface area contributed by atoms with E-state index in [9.17, 15) is 0 Å². The van der Waals surface area contributed by atoms with Crippen molar-refractivity contribution >= 4 is 27.8 Å². The van der Waals surface area contributed by atoms with Crippen LogP contribution in [0.4, 0.5) is 17.1 Å². The number of rotatable bonds is 3. The van der Waals surface area contributed by atoms with E-state index in [1.165, 1.54) is 93.3 Å². The van der Waals surface area contributed by atoms with Gasteiger partial charge in [0.15, 0.2) is 0 Å². The zero-order valence-corrected chi connectivity index (χ0v) is 27.9. The Bertz CT molecular complexity index is 2270. The highest BCUT2D eigenvalue weighted by Gasteiger charge is 2.61. The second-order valence-electron chi connectivity index (χ2n) is 16.2. The Hall–Kier alpha value is -4.62. The van der Waals surface area contributed by atoms with Gasteiger partial charge in [0.1, 0.15) is 0 Å². The molecule has 6 aromatic carbocycles. The molecule has 1 nitrogen and oxygen atoms in total. The van der Waals surface area contributed by atoms with Crippen molar-refractivity contribution in [3.8, 4) is 22.3 Å². The Balaban J connectivity index is 1.14. The minimum absolute atomic E-state index is 0.0149. The summed E-state index contributed by atoms with van der Waals surface area (Å²) in [6.07, 6.45) is 7.14. The zero-order valence-electron chi connectivity index (χ0n) is 27.9. The Morgan fingerprint density at radius 2 is 1.00 bits per heavy atom. The molecule has 4 fully saturated rings. The first-order chi connectivity index (χ1) is 23.5. The topological polar surface area (TPSA) is 3.24 Å². The summed E-state index contributed by atoms with van der Waals surface area (Å²) in [6.45, 7) is 4.75. The van der Waals surface area contributed by atoms with Crippen LogP contribution in [0.2, 0.25) is 0 Å². The van der Waals surface area contributed by atoms with E-state index in [1.54, 1.807) is 11.1 Å². The smallest absolute Gasteiger partial charge is 0.0540 e. The van der Waals surface area contributed by atoms with Gasteiger partial charge in [-0.05, 0) is 136 Å². The molecule has 234 valence electrons. The molecule has 0 aliphatic heterocycles. The first kappa shape index (κ1) is 27.3. The van der Waals surface area contributed by atoms with Crippen molar-refractivity contribution in [3.63, 3.8) is 0 Å². The molecule has 0 N–H and O–H groups in total. The fourth-order valence-electron chi connectivity index (χ4n) is 12.0. The first-order valence-corrected chi connectivity index (χ1v) is 18.3. The third kappa shape index (κ3) is 3.42. The largest absolute Gasteiger partial charge is 0.310 e. The second kappa shape index (κ2) is 9.50. The van der Waals surface area contributed by atoms with Crippen molar-refractivity contribution in [2.24, 2.45) is 23.7 Å². The van der Waals surface area contributed by atoms with Crippen LogP contribution in [0.1, 0.15) is 68.2 Å². The van der Waals surface area contributed by atoms with Crippen molar-refractivity contribution in [2.75, 3.05) is 4.90 Å². The summed E-state index contributed by atoms with van der Waals surface area (Å²) in [5.41, 5.74) is 15.6. The van der Waals surface area contributed by atoms with Crippen molar-refractivity contribution in [1.29, 1.82) is 0 Å². The molecule has 0 atom stereocenters. The Labute approximate surface area is 284 Å². The monoisotopic (exact) mass is 619 g/mol. The van der Waals surface area contributed by atoms with Gasteiger partial charge in [0, 0.05) is 27.6 Å². The van der Waals surface area contributed by atoms with Gasteiger partial charge in [-0.3, -0.25) is 0 Å². The van der Waals surface area contributed by atoms with Gasteiger partial charge in [0.25, 0.3) is 0 Å². The van der Waals surface area contributed by atoms with Crippen molar-refractivity contribution < 1.29 is 0 Å². The van der Waals surface area contributed by atoms with Crippen molar-refractivity contribution in [1.82, 2.24) is 0 Å². The highest BCUT2D eigenvalue weighted by molar-refractivity contribution is 6.00. The first-order valence-electron chi connectivity index (χ1n) is 18.3. The predicted molar refractivity (Wildman–Crippen MR) is 199 cm³/mol. The molecule has 1 spiro atoms. The normalized spacial score (nSPS) is 26.4. The molecular formula is C47H41N. The molecule has 0 radical (unpaired) electrons. The lowest BCUT2D eigenvalue weighted by Crippen LogP contribution is -2.55. The maximum absolute atomic E-state index is 2.57. The van der Waals surface area contributed by atoms with Gasteiger partial charge in [0.2, 0.25) is 0 Å². The highest BCUT2D eigenvalue weighted by Crippen LogP contribution is 2.69. The standard InChI is InChI=1S/C47H41N/c1-46(2)41-15-7-5-13-37(41)39-27-34(18-20-42(39)46)48(45-17-9-11-31-10-3-4-12-36(31)45)35-19-21-44-40(28-35)38-14-6-8-16-43(38)47(44)32-23-29-22-30(25-32)26-33(47)24-29/h3-21,27-30,32-33H,22-26H2,1-2H3. The number of fused-ring (bicyclic) bond motifs is 7. The van der Waals surface area contributed by atoms with Crippen LogP contribution in [0.5, 0.6) is 0 Å². The number of hydrogen-bond donors (Lipinski definition) is 0. The van der Waals surface area contributed by atoms with Crippen molar-refractivity contribution in [3.05, 3.63) is 150 Å². The average molecular weight is 620 g/mol. The summed E-state index contributed by atoms with van der Waals surface area (Å²) >= 11 is 0. The van der Waals surface area contributed by atoms with Crippen LogP contribution < -0.4 is 4.90 Å². The third-order valence-corrected chi connectivity index (χ3v) is 13.6. The predicted octanol–water partition coefficient (Wildman–Crippen LogP) is 12.3. The average Bonchev–Trinajstić information content (AvgIpc) is 3.53. The van der Waals surface area contributed by atoms with E-state index in [-0.39, 0.29) is 10.8 Å². The molecule has 4 bridgehead atoms. The van der Waals surface area contributed by atoms with Crippen LogP contribution in [0.15, 0.2) is 127 Å². The van der Waals surface area contributed by atoms with Gasteiger partial charge in [-0.2, -0.15) is 0 Å². The molecule has 6 aliphatic rings. The van der Waals surface area contributed by atoms with E-state index in [0.717, 1.165) is 23.7 Å².